The Kier molecular flexibility index (Phi) is 1.35. The third-order valence-electron chi connectivity index (χ3n) is 1.78. The zero-order valence-corrected chi connectivity index (χ0v) is 7.30. The third kappa shape index (κ3) is 0.881. The standard InChI is InChI=1S/C8H7NO2S/c1-12(11)7-5-3-2-4-6(7)8(10)9-12/h2-5H,1H3. The summed E-state index contributed by atoms with van der Waals surface area (Å²) >= 11 is 0. The molecule has 0 spiro atoms. The fourth-order valence-corrected chi connectivity index (χ4v) is 2.64. The lowest BCUT2D eigenvalue weighted by atomic mass is 10.2. The van der Waals surface area contributed by atoms with Gasteiger partial charge >= 0.3 is 0 Å². The molecule has 1 aliphatic heterocycles. The highest BCUT2D eigenvalue weighted by molar-refractivity contribution is 7.93. The zero-order valence-electron chi connectivity index (χ0n) is 6.48. The molecule has 1 aromatic rings. The van der Waals surface area contributed by atoms with Crippen LogP contribution in [0.25, 0.3) is 0 Å². The van der Waals surface area contributed by atoms with Gasteiger partial charge in [-0.25, -0.2) is 4.21 Å². The first kappa shape index (κ1) is 7.49. The van der Waals surface area contributed by atoms with Crippen LogP contribution in [0.1, 0.15) is 10.4 Å². The van der Waals surface area contributed by atoms with Gasteiger partial charge < -0.3 is 0 Å². The summed E-state index contributed by atoms with van der Waals surface area (Å²) in [5, 5.41) is 0. The van der Waals surface area contributed by atoms with Gasteiger partial charge in [0.25, 0.3) is 5.91 Å². The van der Waals surface area contributed by atoms with E-state index in [0.717, 1.165) is 0 Å². The Hall–Kier alpha value is -1.16. The molecule has 0 radical (unpaired) electrons. The Labute approximate surface area is 70.6 Å². The summed E-state index contributed by atoms with van der Waals surface area (Å²) in [5.41, 5.74) is 0.477. The number of carbonyl (C=O) groups is 1. The second-order valence-electron chi connectivity index (χ2n) is 2.70. The molecular weight excluding hydrogens is 174 g/mol. The average Bonchev–Trinajstić information content (AvgIpc) is 2.25. The van der Waals surface area contributed by atoms with Gasteiger partial charge in [-0.2, -0.15) is 4.36 Å². The zero-order chi connectivity index (χ0) is 8.77. The molecule has 3 nitrogen and oxygen atoms in total. The summed E-state index contributed by atoms with van der Waals surface area (Å²) in [5.74, 6) is -0.363. The number of carbonyl (C=O) groups excluding carboxylic acids is 1. The van der Waals surface area contributed by atoms with Crippen LogP contribution < -0.4 is 0 Å². The number of fused-ring (bicyclic) bond motifs is 1. The van der Waals surface area contributed by atoms with Crippen molar-refractivity contribution in [2.24, 2.45) is 4.36 Å². The van der Waals surface area contributed by atoms with Crippen LogP contribution in [0.5, 0.6) is 0 Å². The second-order valence-corrected chi connectivity index (χ2v) is 4.92. The van der Waals surface area contributed by atoms with Gasteiger partial charge in [-0.15, -0.1) is 0 Å². The number of nitrogens with zero attached hydrogens (tertiary/aromatic N) is 1. The van der Waals surface area contributed by atoms with Gasteiger partial charge in [-0.1, -0.05) is 12.1 Å². The molecule has 0 fully saturated rings. The van der Waals surface area contributed by atoms with Crippen molar-refractivity contribution in [3.8, 4) is 0 Å². The molecule has 1 amide bonds. The fraction of sp³-hybridized carbons (Fsp3) is 0.125. The summed E-state index contributed by atoms with van der Waals surface area (Å²) in [7, 11) is -2.43. The fourth-order valence-electron chi connectivity index (χ4n) is 1.23. The van der Waals surface area contributed by atoms with E-state index >= 15 is 0 Å². The summed E-state index contributed by atoms with van der Waals surface area (Å²) in [6.07, 6.45) is 1.48. The van der Waals surface area contributed by atoms with Crippen molar-refractivity contribution in [1.82, 2.24) is 0 Å². The largest absolute Gasteiger partial charge is 0.286 e. The lowest BCUT2D eigenvalue weighted by molar-refractivity contribution is 0.101. The van der Waals surface area contributed by atoms with Crippen molar-refractivity contribution < 1.29 is 9.00 Å². The Balaban J connectivity index is 2.87. The molecule has 12 heavy (non-hydrogen) atoms. The molecule has 0 saturated heterocycles. The first-order valence-electron chi connectivity index (χ1n) is 3.47. The lowest BCUT2D eigenvalue weighted by Gasteiger charge is -1.96. The normalized spacial score (nSPS) is 26.6. The number of rotatable bonds is 0. The van der Waals surface area contributed by atoms with Gasteiger partial charge in [-0.3, -0.25) is 4.79 Å². The van der Waals surface area contributed by atoms with Crippen LogP contribution in [0.15, 0.2) is 33.5 Å². The minimum Gasteiger partial charge on any atom is -0.266 e. The Morgan fingerprint density at radius 1 is 1.33 bits per heavy atom. The van der Waals surface area contributed by atoms with E-state index in [-0.39, 0.29) is 5.91 Å². The van der Waals surface area contributed by atoms with E-state index in [2.05, 4.69) is 4.36 Å². The van der Waals surface area contributed by atoms with Crippen LogP contribution in [0.3, 0.4) is 0 Å². The molecule has 0 aliphatic carbocycles. The van der Waals surface area contributed by atoms with E-state index in [1.807, 2.05) is 0 Å². The highest BCUT2D eigenvalue weighted by atomic mass is 32.2. The topological polar surface area (TPSA) is 46.5 Å². The molecule has 62 valence electrons. The Bertz CT molecular complexity index is 470. The van der Waals surface area contributed by atoms with Crippen LogP contribution in [0.2, 0.25) is 0 Å². The maximum atomic E-state index is 11.6. The molecule has 1 aromatic carbocycles. The highest BCUT2D eigenvalue weighted by Gasteiger charge is 2.24. The minimum atomic E-state index is -2.43. The van der Waals surface area contributed by atoms with Crippen LogP contribution >= 0.6 is 0 Å². The van der Waals surface area contributed by atoms with E-state index in [1.165, 1.54) is 6.26 Å². The number of hydrogen-bond acceptors (Lipinski definition) is 2. The molecule has 0 aromatic heterocycles. The quantitative estimate of drug-likeness (QED) is 0.605. The molecule has 0 saturated carbocycles. The molecular formula is C8H7NO2S. The molecule has 2 rings (SSSR count). The summed E-state index contributed by atoms with van der Waals surface area (Å²) in [4.78, 5) is 11.7. The third-order valence-corrected chi connectivity index (χ3v) is 3.47. The minimum absolute atomic E-state index is 0.363. The van der Waals surface area contributed by atoms with Gasteiger partial charge in [-0.05, 0) is 12.1 Å². The molecule has 4 heteroatoms. The maximum Gasteiger partial charge on any atom is 0.286 e. The van der Waals surface area contributed by atoms with Crippen molar-refractivity contribution in [3.63, 3.8) is 0 Å². The van der Waals surface area contributed by atoms with E-state index < -0.39 is 9.73 Å². The van der Waals surface area contributed by atoms with Crippen molar-refractivity contribution in [1.29, 1.82) is 0 Å². The van der Waals surface area contributed by atoms with Crippen LogP contribution in [0.4, 0.5) is 0 Å². The van der Waals surface area contributed by atoms with Crippen LogP contribution in [0, 0.1) is 0 Å². The van der Waals surface area contributed by atoms with Crippen molar-refractivity contribution in [3.05, 3.63) is 29.8 Å². The smallest absolute Gasteiger partial charge is 0.266 e. The molecule has 0 N–H and O–H groups in total. The first-order valence-corrected chi connectivity index (χ1v) is 5.39. The Morgan fingerprint density at radius 2 is 2.00 bits per heavy atom. The highest BCUT2D eigenvalue weighted by Crippen LogP contribution is 2.24. The summed E-state index contributed by atoms with van der Waals surface area (Å²) < 4.78 is 15.2. The second kappa shape index (κ2) is 2.17. The van der Waals surface area contributed by atoms with E-state index in [0.29, 0.717) is 10.5 Å². The van der Waals surface area contributed by atoms with Crippen molar-refractivity contribution in [2.45, 2.75) is 4.90 Å². The predicted molar refractivity (Wildman–Crippen MR) is 45.5 cm³/mol. The van der Waals surface area contributed by atoms with E-state index in [4.69, 9.17) is 0 Å². The lowest BCUT2D eigenvalue weighted by Crippen LogP contribution is -1.93. The van der Waals surface area contributed by atoms with Gasteiger partial charge in [0.15, 0.2) is 0 Å². The van der Waals surface area contributed by atoms with Crippen LogP contribution in [-0.2, 0) is 9.73 Å². The molecule has 1 atom stereocenters. The molecule has 1 heterocycles. The molecule has 1 aliphatic rings. The van der Waals surface area contributed by atoms with Crippen molar-refractivity contribution in [2.75, 3.05) is 6.26 Å². The maximum absolute atomic E-state index is 11.6. The van der Waals surface area contributed by atoms with Gasteiger partial charge in [0.2, 0.25) is 0 Å². The SMILES string of the molecule is CS1(=O)=NC(=O)c2ccccc21. The Morgan fingerprint density at radius 3 is 2.67 bits per heavy atom. The van der Waals surface area contributed by atoms with Crippen molar-refractivity contribution >= 4 is 15.6 Å². The number of amides is 1. The van der Waals surface area contributed by atoms with Gasteiger partial charge in [0, 0.05) is 6.26 Å². The molecule has 1 unspecified atom stereocenters. The predicted octanol–water partition coefficient (Wildman–Crippen LogP) is 1.30. The van der Waals surface area contributed by atoms with Gasteiger partial charge in [0.05, 0.1) is 20.2 Å². The van der Waals surface area contributed by atoms with E-state index in [9.17, 15) is 9.00 Å². The number of benzene rings is 1. The molecule has 0 bridgehead atoms. The number of hydrogen-bond donors (Lipinski definition) is 0. The summed E-state index contributed by atoms with van der Waals surface area (Å²) in [6, 6.07) is 6.84. The average molecular weight is 181 g/mol. The summed E-state index contributed by atoms with van der Waals surface area (Å²) in [6.45, 7) is 0. The van der Waals surface area contributed by atoms with E-state index in [1.54, 1.807) is 24.3 Å². The first-order chi connectivity index (χ1) is 5.61. The van der Waals surface area contributed by atoms with Gasteiger partial charge in [0.1, 0.15) is 0 Å². The van der Waals surface area contributed by atoms with Crippen LogP contribution in [-0.4, -0.2) is 16.4 Å². The monoisotopic (exact) mass is 181 g/mol.